The van der Waals surface area contributed by atoms with Crippen LogP contribution in [-0.4, -0.2) is 60.8 Å². The highest BCUT2D eigenvalue weighted by atomic mass is 32.2. The van der Waals surface area contributed by atoms with E-state index < -0.39 is 21.8 Å². The number of piperidine rings is 2. The second kappa shape index (κ2) is 7.24. The average Bonchev–Trinajstić information content (AvgIpc) is 3.13. The van der Waals surface area contributed by atoms with Crippen molar-refractivity contribution in [3.63, 3.8) is 0 Å². The van der Waals surface area contributed by atoms with Crippen molar-refractivity contribution >= 4 is 21.9 Å². The van der Waals surface area contributed by atoms with Crippen molar-refractivity contribution in [3.05, 3.63) is 30.0 Å². The number of sulfonamides is 1. The molecule has 9 heteroatoms. The highest BCUT2D eigenvalue weighted by molar-refractivity contribution is 7.89. The van der Waals surface area contributed by atoms with Crippen LogP contribution >= 0.6 is 0 Å². The van der Waals surface area contributed by atoms with E-state index in [1.807, 2.05) is 4.90 Å². The summed E-state index contributed by atoms with van der Waals surface area (Å²) in [6.45, 7) is 5.73. The molecule has 1 N–H and O–H groups in total. The second-order valence-corrected chi connectivity index (χ2v) is 8.55. The fourth-order valence-corrected chi connectivity index (χ4v) is 4.73. The van der Waals surface area contributed by atoms with Gasteiger partial charge in [0.15, 0.2) is 0 Å². The Balaban J connectivity index is 1.61. The molecule has 1 aromatic heterocycles. The number of nitrogens with zero attached hydrogens (tertiary/aromatic N) is 2. The molecule has 0 spiro atoms. The van der Waals surface area contributed by atoms with Crippen molar-refractivity contribution in [3.8, 4) is 0 Å². The van der Waals surface area contributed by atoms with E-state index in [1.54, 1.807) is 0 Å². The number of hydrogen-bond acceptors (Lipinski definition) is 5. The number of furan rings is 1. The molecule has 2 saturated heterocycles. The van der Waals surface area contributed by atoms with Gasteiger partial charge >= 0.3 is 5.97 Å². The molecule has 2 fully saturated rings. The number of hydrogen-bond donors (Lipinski definition) is 1. The van der Waals surface area contributed by atoms with Crippen LogP contribution in [0.25, 0.3) is 0 Å². The summed E-state index contributed by atoms with van der Waals surface area (Å²) >= 11 is 0. The molecular weight excluding hydrogens is 360 g/mol. The van der Waals surface area contributed by atoms with E-state index in [-0.39, 0.29) is 30.0 Å². The van der Waals surface area contributed by atoms with E-state index in [2.05, 4.69) is 6.58 Å². The summed E-state index contributed by atoms with van der Waals surface area (Å²) in [7, 11) is -3.89. The van der Waals surface area contributed by atoms with Crippen molar-refractivity contribution in [1.29, 1.82) is 0 Å². The van der Waals surface area contributed by atoms with Gasteiger partial charge in [-0.05, 0) is 37.8 Å². The molecule has 0 aliphatic carbocycles. The second-order valence-electron chi connectivity index (χ2n) is 6.68. The Hall–Kier alpha value is -2.13. The smallest absolute Gasteiger partial charge is 0.371 e. The van der Waals surface area contributed by atoms with Crippen LogP contribution in [0, 0.1) is 5.92 Å². The van der Waals surface area contributed by atoms with E-state index >= 15 is 0 Å². The van der Waals surface area contributed by atoms with Crippen molar-refractivity contribution in [1.82, 2.24) is 9.21 Å². The van der Waals surface area contributed by atoms with E-state index in [9.17, 15) is 18.0 Å². The summed E-state index contributed by atoms with van der Waals surface area (Å²) in [4.78, 5) is 25.3. The van der Waals surface area contributed by atoms with Crippen LogP contribution in [0.5, 0.6) is 0 Å². The SMILES string of the molecule is C=C1CCN(C(=O)C2CCN(S(=O)(=O)c3ccc(C(=O)O)o3)CC2)CC1. The van der Waals surface area contributed by atoms with Crippen LogP contribution in [0.3, 0.4) is 0 Å². The molecule has 142 valence electrons. The van der Waals surface area contributed by atoms with Crippen molar-refractivity contribution in [2.75, 3.05) is 26.2 Å². The number of carbonyl (C=O) groups is 2. The maximum atomic E-state index is 12.6. The number of rotatable bonds is 4. The van der Waals surface area contributed by atoms with Crippen LogP contribution < -0.4 is 0 Å². The molecule has 3 rings (SSSR count). The predicted molar refractivity (Wildman–Crippen MR) is 92.1 cm³/mol. The third-order valence-corrected chi connectivity index (χ3v) is 6.74. The van der Waals surface area contributed by atoms with Gasteiger partial charge < -0.3 is 14.4 Å². The molecule has 0 saturated carbocycles. The monoisotopic (exact) mass is 382 g/mol. The van der Waals surface area contributed by atoms with Crippen LogP contribution in [0.2, 0.25) is 0 Å². The number of carbonyl (C=O) groups excluding carboxylic acids is 1. The topological polar surface area (TPSA) is 108 Å². The summed E-state index contributed by atoms with van der Waals surface area (Å²) < 4.78 is 31.3. The van der Waals surface area contributed by atoms with Gasteiger partial charge in [0.05, 0.1) is 0 Å². The van der Waals surface area contributed by atoms with Gasteiger partial charge in [-0.15, -0.1) is 0 Å². The number of aromatic carboxylic acids is 1. The summed E-state index contributed by atoms with van der Waals surface area (Å²) in [6, 6.07) is 2.27. The van der Waals surface area contributed by atoms with Gasteiger partial charge in [-0.25, -0.2) is 13.2 Å². The van der Waals surface area contributed by atoms with Crippen LogP contribution in [0.15, 0.2) is 33.8 Å². The quantitative estimate of drug-likeness (QED) is 0.792. The van der Waals surface area contributed by atoms with Gasteiger partial charge in [0.1, 0.15) is 0 Å². The summed E-state index contributed by atoms with van der Waals surface area (Å²) in [6.07, 6.45) is 2.54. The van der Waals surface area contributed by atoms with Gasteiger partial charge in [0, 0.05) is 32.1 Å². The largest absolute Gasteiger partial charge is 0.475 e. The molecule has 1 amide bonds. The van der Waals surface area contributed by atoms with Crippen LogP contribution in [0.1, 0.15) is 36.2 Å². The molecule has 0 unspecified atom stereocenters. The Bertz CT molecular complexity index is 810. The first-order valence-corrected chi connectivity index (χ1v) is 10.0. The lowest BCUT2D eigenvalue weighted by molar-refractivity contribution is -0.137. The van der Waals surface area contributed by atoms with E-state index in [0.29, 0.717) is 25.9 Å². The average molecular weight is 382 g/mol. The minimum Gasteiger partial charge on any atom is -0.475 e. The fourth-order valence-electron chi connectivity index (χ4n) is 3.35. The van der Waals surface area contributed by atoms with Crippen LogP contribution in [-0.2, 0) is 14.8 Å². The first-order chi connectivity index (χ1) is 12.3. The highest BCUT2D eigenvalue weighted by Gasteiger charge is 2.35. The number of amides is 1. The molecule has 2 aliphatic heterocycles. The minimum atomic E-state index is -3.89. The Labute approximate surface area is 152 Å². The lowest BCUT2D eigenvalue weighted by atomic mass is 9.95. The fraction of sp³-hybridized carbons (Fsp3) is 0.529. The zero-order chi connectivity index (χ0) is 18.9. The third-order valence-electron chi connectivity index (χ3n) is 4.97. The standard InChI is InChI=1S/C17H22N2O6S/c1-12-4-8-18(9-5-12)16(20)13-6-10-19(11-7-13)26(23,24)15-3-2-14(25-15)17(21)22/h2-3,13H,1,4-11H2,(H,21,22). The molecule has 0 aromatic carbocycles. The number of carboxylic acids is 1. The van der Waals surface area contributed by atoms with E-state index in [0.717, 1.165) is 30.5 Å². The summed E-state index contributed by atoms with van der Waals surface area (Å²) in [5.41, 5.74) is 1.16. The van der Waals surface area contributed by atoms with Crippen LogP contribution in [0.4, 0.5) is 0 Å². The normalized spacial score (nSPS) is 20.3. The zero-order valence-electron chi connectivity index (χ0n) is 14.4. The minimum absolute atomic E-state index is 0.0840. The predicted octanol–water partition coefficient (Wildman–Crippen LogP) is 1.56. The van der Waals surface area contributed by atoms with Gasteiger partial charge in [-0.1, -0.05) is 12.2 Å². The number of likely N-dealkylation sites (tertiary alicyclic amines) is 1. The van der Waals surface area contributed by atoms with Gasteiger partial charge in [0.25, 0.3) is 10.0 Å². The molecule has 1 aromatic rings. The Morgan fingerprint density at radius 1 is 1.12 bits per heavy atom. The van der Waals surface area contributed by atoms with Gasteiger partial charge in [-0.2, -0.15) is 4.31 Å². The van der Waals surface area contributed by atoms with E-state index in [1.165, 1.54) is 4.31 Å². The maximum Gasteiger partial charge on any atom is 0.371 e. The molecule has 0 atom stereocenters. The summed E-state index contributed by atoms with van der Waals surface area (Å²) in [5.74, 6) is -1.83. The highest BCUT2D eigenvalue weighted by Crippen LogP contribution is 2.27. The molecular formula is C17H22N2O6S. The molecule has 8 nitrogen and oxygen atoms in total. The first-order valence-electron chi connectivity index (χ1n) is 8.58. The van der Waals surface area contributed by atoms with Gasteiger partial charge in [-0.3, -0.25) is 4.79 Å². The van der Waals surface area contributed by atoms with Crippen molar-refractivity contribution in [2.45, 2.75) is 30.8 Å². The Morgan fingerprint density at radius 2 is 1.73 bits per heavy atom. The molecule has 26 heavy (non-hydrogen) atoms. The zero-order valence-corrected chi connectivity index (χ0v) is 15.2. The molecule has 0 radical (unpaired) electrons. The number of carboxylic acid groups (broad SMARTS) is 1. The van der Waals surface area contributed by atoms with Gasteiger partial charge in [0.2, 0.25) is 16.8 Å². The lowest BCUT2D eigenvalue weighted by Gasteiger charge is -2.35. The Morgan fingerprint density at radius 3 is 2.27 bits per heavy atom. The molecule has 3 heterocycles. The maximum absolute atomic E-state index is 12.6. The van der Waals surface area contributed by atoms with Crippen molar-refractivity contribution < 1.29 is 27.5 Å². The van der Waals surface area contributed by atoms with E-state index in [4.69, 9.17) is 9.52 Å². The third kappa shape index (κ3) is 3.68. The van der Waals surface area contributed by atoms with Crippen molar-refractivity contribution in [2.24, 2.45) is 5.92 Å². The Kier molecular flexibility index (Phi) is 5.19. The lowest BCUT2D eigenvalue weighted by Crippen LogP contribution is -2.45. The first kappa shape index (κ1) is 18.7. The summed E-state index contributed by atoms with van der Waals surface area (Å²) in [5, 5.41) is 8.48. The molecule has 0 bridgehead atoms. The molecule has 2 aliphatic rings.